The molecule has 3 nitrogen and oxygen atoms in total. The molecule has 3 rings (SSSR count). The molecule has 0 saturated carbocycles. The lowest BCUT2D eigenvalue weighted by Crippen LogP contribution is -2.25. The first kappa shape index (κ1) is 14.2. The van der Waals surface area contributed by atoms with Gasteiger partial charge in [0.05, 0.1) is 6.04 Å². The van der Waals surface area contributed by atoms with Crippen molar-refractivity contribution >= 4 is 21.4 Å². The summed E-state index contributed by atoms with van der Waals surface area (Å²) in [5, 5.41) is 7.01. The van der Waals surface area contributed by atoms with Crippen LogP contribution in [0.1, 0.15) is 36.3 Å². The normalized spacial score (nSPS) is 12.7. The van der Waals surface area contributed by atoms with E-state index in [1.54, 1.807) is 11.3 Å². The molecule has 0 bridgehead atoms. The van der Waals surface area contributed by atoms with E-state index >= 15 is 0 Å². The van der Waals surface area contributed by atoms with E-state index in [4.69, 9.17) is 0 Å². The quantitative estimate of drug-likeness (QED) is 0.771. The van der Waals surface area contributed by atoms with Crippen molar-refractivity contribution < 1.29 is 0 Å². The number of aromatic nitrogens is 2. The predicted octanol–water partition coefficient (Wildman–Crippen LogP) is 4.09. The van der Waals surface area contributed by atoms with E-state index in [1.807, 2.05) is 19.3 Å². The summed E-state index contributed by atoms with van der Waals surface area (Å²) in [4.78, 5) is 9.06. The Bertz CT molecular complexity index is 718. The molecule has 21 heavy (non-hydrogen) atoms. The minimum atomic E-state index is 0.0490. The molecule has 108 valence electrons. The van der Waals surface area contributed by atoms with Crippen LogP contribution in [0.5, 0.6) is 0 Å². The molecule has 1 unspecified atom stereocenters. The van der Waals surface area contributed by atoms with Gasteiger partial charge in [-0.3, -0.25) is 0 Å². The Morgan fingerprint density at radius 1 is 1.19 bits per heavy atom. The molecule has 0 fully saturated rings. The molecule has 0 amide bonds. The fourth-order valence-corrected chi connectivity index (χ4v) is 3.37. The minimum Gasteiger partial charge on any atom is -0.304 e. The van der Waals surface area contributed by atoms with Crippen LogP contribution in [0.4, 0.5) is 0 Å². The van der Waals surface area contributed by atoms with Crippen molar-refractivity contribution in [3.05, 3.63) is 59.0 Å². The van der Waals surface area contributed by atoms with Gasteiger partial charge in [0.25, 0.3) is 0 Å². The van der Waals surface area contributed by atoms with E-state index < -0.39 is 0 Å². The standard InChI is InChI=1S/C17H19N3S/c1-3-8-18-15(17-19-10-12(2)11-20-17)14-6-4-5-13-7-9-21-16(13)14/h4-7,9-11,15,18H,3,8H2,1-2H3. The summed E-state index contributed by atoms with van der Waals surface area (Å²) in [6, 6.07) is 8.65. The van der Waals surface area contributed by atoms with Crippen LogP contribution in [0.2, 0.25) is 0 Å². The first-order chi connectivity index (χ1) is 10.3. The van der Waals surface area contributed by atoms with Gasteiger partial charge in [-0.1, -0.05) is 25.1 Å². The average Bonchev–Trinajstić information content (AvgIpc) is 2.98. The summed E-state index contributed by atoms with van der Waals surface area (Å²) >= 11 is 1.78. The number of nitrogens with one attached hydrogen (secondary N) is 1. The molecule has 0 aliphatic heterocycles. The summed E-state index contributed by atoms with van der Waals surface area (Å²) in [6.07, 6.45) is 4.86. The third-order valence-electron chi connectivity index (χ3n) is 3.48. The summed E-state index contributed by atoms with van der Waals surface area (Å²) in [5.41, 5.74) is 2.35. The first-order valence-electron chi connectivity index (χ1n) is 7.27. The zero-order valence-electron chi connectivity index (χ0n) is 12.3. The highest BCUT2D eigenvalue weighted by Gasteiger charge is 2.19. The summed E-state index contributed by atoms with van der Waals surface area (Å²) in [5.74, 6) is 0.843. The Morgan fingerprint density at radius 3 is 2.76 bits per heavy atom. The number of rotatable bonds is 5. The van der Waals surface area contributed by atoms with Crippen LogP contribution >= 0.6 is 11.3 Å². The molecule has 2 aromatic heterocycles. The van der Waals surface area contributed by atoms with Crippen LogP contribution in [0.3, 0.4) is 0 Å². The second-order valence-corrected chi connectivity index (χ2v) is 6.11. The molecule has 1 N–H and O–H groups in total. The van der Waals surface area contributed by atoms with Gasteiger partial charge in [-0.25, -0.2) is 9.97 Å². The van der Waals surface area contributed by atoms with Crippen molar-refractivity contribution in [3.63, 3.8) is 0 Å². The number of benzene rings is 1. The van der Waals surface area contributed by atoms with Gasteiger partial charge in [0.1, 0.15) is 5.82 Å². The number of hydrogen-bond donors (Lipinski definition) is 1. The van der Waals surface area contributed by atoms with E-state index in [9.17, 15) is 0 Å². The molecule has 0 saturated heterocycles. The molecule has 0 spiro atoms. The Labute approximate surface area is 129 Å². The van der Waals surface area contributed by atoms with Crippen molar-refractivity contribution in [2.75, 3.05) is 6.54 Å². The van der Waals surface area contributed by atoms with E-state index in [0.29, 0.717) is 0 Å². The van der Waals surface area contributed by atoms with Crippen LogP contribution in [0.25, 0.3) is 10.1 Å². The molecule has 2 heterocycles. The van der Waals surface area contributed by atoms with E-state index in [2.05, 4.69) is 51.9 Å². The largest absolute Gasteiger partial charge is 0.304 e. The third-order valence-corrected chi connectivity index (χ3v) is 4.46. The van der Waals surface area contributed by atoms with Crippen LogP contribution < -0.4 is 5.32 Å². The Morgan fingerprint density at radius 2 is 2.00 bits per heavy atom. The average molecular weight is 297 g/mol. The van der Waals surface area contributed by atoms with Crippen molar-refractivity contribution in [2.45, 2.75) is 26.3 Å². The maximum Gasteiger partial charge on any atom is 0.149 e. The zero-order valence-corrected chi connectivity index (χ0v) is 13.2. The number of nitrogens with zero attached hydrogens (tertiary/aromatic N) is 2. The Kier molecular flexibility index (Phi) is 4.27. The van der Waals surface area contributed by atoms with Crippen molar-refractivity contribution in [2.24, 2.45) is 0 Å². The van der Waals surface area contributed by atoms with Gasteiger partial charge in [-0.05, 0) is 47.8 Å². The summed E-state index contributed by atoms with van der Waals surface area (Å²) in [6.45, 7) is 5.13. The molecule has 4 heteroatoms. The number of fused-ring (bicyclic) bond motifs is 1. The lowest BCUT2D eigenvalue weighted by molar-refractivity contribution is 0.574. The second kappa shape index (κ2) is 6.33. The highest BCUT2D eigenvalue weighted by Crippen LogP contribution is 2.31. The maximum absolute atomic E-state index is 4.53. The lowest BCUT2D eigenvalue weighted by atomic mass is 10.0. The molecule has 0 aliphatic rings. The monoisotopic (exact) mass is 297 g/mol. The van der Waals surface area contributed by atoms with Crippen molar-refractivity contribution in [1.29, 1.82) is 0 Å². The molecule has 0 aliphatic carbocycles. The molecule has 1 atom stereocenters. The minimum absolute atomic E-state index is 0.0490. The van der Waals surface area contributed by atoms with Crippen LogP contribution in [-0.4, -0.2) is 16.5 Å². The smallest absolute Gasteiger partial charge is 0.149 e. The maximum atomic E-state index is 4.53. The van der Waals surface area contributed by atoms with Crippen molar-refractivity contribution in [3.8, 4) is 0 Å². The highest BCUT2D eigenvalue weighted by atomic mass is 32.1. The van der Waals surface area contributed by atoms with E-state index in [-0.39, 0.29) is 6.04 Å². The second-order valence-electron chi connectivity index (χ2n) is 5.19. The Hall–Kier alpha value is -1.78. The number of hydrogen-bond acceptors (Lipinski definition) is 4. The topological polar surface area (TPSA) is 37.8 Å². The van der Waals surface area contributed by atoms with Gasteiger partial charge in [-0.2, -0.15) is 0 Å². The van der Waals surface area contributed by atoms with Gasteiger partial charge < -0.3 is 5.32 Å². The van der Waals surface area contributed by atoms with E-state index in [1.165, 1.54) is 15.6 Å². The first-order valence-corrected chi connectivity index (χ1v) is 8.15. The van der Waals surface area contributed by atoms with Gasteiger partial charge in [0.15, 0.2) is 0 Å². The SMILES string of the molecule is CCCNC(c1ncc(C)cn1)c1cccc2ccsc12. The predicted molar refractivity (Wildman–Crippen MR) is 88.7 cm³/mol. The third kappa shape index (κ3) is 2.96. The van der Waals surface area contributed by atoms with E-state index in [0.717, 1.165) is 24.4 Å². The summed E-state index contributed by atoms with van der Waals surface area (Å²) < 4.78 is 1.32. The van der Waals surface area contributed by atoms with Crippen LogP contribution in [0.15, 0.2) is 42.0 Å². The Balaban J connectivity index is 2.06. The molecule has 0 radical (unpaired) electrons. The van der Waals surface area contributed by atoms with Gasteiger partial charge in [-0.15, -0.1) is 11.3 Å². The van der Waals surface area contributed by atoms with Crippen LogP contribution in [-0.2, 0) is 0 Å². The lowest BCUT2D eigenvalue weighted by Gasteiger charge is -2.18. The molecular formula is C17H19N3S. The van der Waals surface area contributed by atoms with Gasteiger partial charge >= 0.3 is 0 Å². The van der Waals surface area contributed by atoms with Gasteiger partial charge in [0.2, 0.25) is 0 Å². The zero-order chi connectivity index (χ0) is 14.7. The molecule has 3 aromatic rings. The van der Waals surface area contributed by atoms with Crippen molar-refractivity contribution in [1.82, 2.24) is 15.3 Å². The van der Waals surface area contributed by atoms with Crippen LogP contribution in [0, 0.1) is 6.92 Å². The molecular weight excluding hydrogens is 278 g/mol. The number of thiophene rings is 1. The number of aryl methyl sites for hydroxylation is 1. The fraction of sp³-hybridized carbons (Fsp3) is 0.294. The molecule has 1 aromatic carbocycles. The highest BCUT2D eigenvalue weighted by molar-refractivity contribution is 7.17. The summed E-state index contributed by atoms with van der Waals surface area (Å²) in [7, 11) is 0. The fourth-order valence-electron chi connectivity index (χ4n) is 2.42. The van der Waals surface area contributed by atoms with Gasteiger partial charge in [0, 0.05) is 17.1 Å².